The summed E-state index contributed by atoms with van der Waals surface area (Å²) >= 11 is 0. The van der Waals surface area contributed by atoms with E-state index in [0.29, 0.717) is 11.5 Å². The molecule has 1 N–H and O–H groups in total. The predicted molar refractivity (Wildman–Crippen MR) is 139 cm³/mol. The van der Waals surface area contributed by atoms with Crippen molar-refractivity contribution >= 4 is 19.2 Å². The van der Waals surface area contributed by atoms with Crippen LogP contribution in [0.2, 0.25) is 0 Å². The molecule has 1 atom stereocenters. The molecule has 0 bridgehead atoms. The van der Waals surface area contributed by atoms with Crippen LogP contribution in [0.3, 0.4) is 0 Å². The minimum atomic E-state index is 0. The summed E-state index contributed by atoms with van der Waals surface area (Å²) in [6.45, 7) is 4.01. The Kier molecular flexibility index (Phi) is 5.90. The van der Waals surface area contributed by atoms with Crippen LogP contribution >= 0.6 is 13.5 Å². The maximum absolute atomic E-state index is 9.11. The van der Waals surface area contributed by atoms with Crippen LogP contribution < -0.4 is 10.2 Å². The van der Waals surface area contributed by atoms with E-state index in [2.05, 4.69) is 61.4 Å². The van der Waals surface area contributed by atoms with Gasteiger partial charge in [0.05, 0.1) is 23.0 Å². The number of benzene rings is 2. The van der Waals surface area contributed by atoms with Gasteiger partial charge in [-0.05, 0) is 73.5 Å². The number of aromatic nitrogens is 4. The molecule has 34 heavy (non-hydrogen) atoms. The van der Waals surface area contributed by atoms with E-state index < -0.39 is 0 Å². The lowest BCUT2D eigenvalue weighted by molar-refractivity contribution is 0.549. The molecule has 7 nitrogen and oxygen atoms in total. The molecule has 0 radical (unpaired) electrons. The zero-order valence-corrected chi connectivity index (χ0v) is 20.1. The van der Waals surface area contributed by atoms with Gasteiger partial charge in [-0.25, -0.2) is 9.67 Å². The standard InChI is InChI=1S/C26H25N7.H2S/c1-28-13-19-8-9-31(14-19)23-6-7-24-22(10-23)16-32-15-21(20-4-2-18(12-27)3-5-20)11-25(32)26-29-17-30-33(24)26;/h2-7,10-11,15,17,19,28H,8-9,13-14,16H2,1H3;1H2/t19-;/m0./s1. The first kappa shape index (κ1) is 22.3. The quantitative estimate of drug-likeness (QED) is 0.433. The number of hydrogen-bond donors (Lipinski definition) is 1. The third-order valence-electron chi connectivity index (χ3n) is 6.80. The van der Waals surface area contributed by atoms with Crippen molar-refractivity contribution in [3.63, 3.8) is 0 Å². The van der Waals surface area contributed by atoms with E-state index in [4.69, 9.17) is 5.26 Å². The summed E-state index contributed by atoms with van der Waals surface area (Å²) in [5, 5.41) is 17.0. The van der Waals surface area contributed by atoms with Crippen LogP contribution in [0.5, 0.6) is 0 Å². The first-order chi connectivity index (χ1) is 16.2. The highest BCUT2D eigenvalue weighted by atomic mass is 32.1. The van der Waals surface area contributed by atoms with Gasteiger partial charge in [0.15, 0.2) is 5.82 Å². The van der Waals surface area contributed by atoms with Crippen LogP contribution in [0.15, 0.2) is 61.1 Å². The second-order valence-corrected chi connectivity index (χ2v) is 8.90. The number of anilines is 1. The fraction of sp³-hybridized carbons (Fsp3) is 0.269. The average Bonchev–Trinajstić information content (AvgIpc) is 3.58. The zero-order valence-electron chi connectivity index (χ0n) is 19.1. The Hall–Kier alpha value is -3.54. The minimum absolute atomic E-state index is 0. The molecule has 0 spiro atoms. The summed E-state index contributed by atoms with van der Waals surface area (Å²) in [4.78, 5) is 7.09. The summed E-state index contributed by atoms with van der Waals surface area (Å²) in [6.07, 6.45) is 5.02. The van der Waals surface area contributed by atoms with Crippen molar-refractivity contribution in [1.82, 2.24) is 24.6 Å². The van der Waals surface area contributed by atoms with Crippen LogP contribution in [0.25, 0.3) is 28.3 Å². The van der Waals surface area contributed by atoms with E-state index in [9.17, 15) is 0 Å². The predicted octanol–water partition coefficient (Wildman–Crippen LogP) is 3.79. The van der Waals surface area contributed by atoms with Crippen molar-refractivity contribution in [2.24, 2.45) is 5.92 Å². The van der Waals surface area contributed by atoms with E-state index in [1.54, 1.807) is 6.33 Å². The smallest absolute Gasteiger partial charge is 0.179 e. The summed E-state index contributed by atoms with van der Waals surface area (Å²) < 4.78 is 4.21. The summed E-state index contributed by atoms with van der Waals surface area (Å²) in [5.41, 5.74) is 7.50. The largest absolute Gasteiger partial charge is 0.371 e. The molecule has 4 aromatic rings. The maximum Gasteiger partial charge on any atom is 0.179 e. The molecule has 6 rings (SSSR count). The molecule has 2 aromatic carbocycles. The van der Waals surface area contributed by atoms with Crippen molar-refractivity contribution in [3.05, 3.63) is 72.2 Å². The average molecular weight is 470 g/mol. The molecular formula is C26H27N7S. The number of nitrogens with one attached hydrogen (secondary N) is 1. The Balaban J connectivity index is 0.00000241. The molecule has 2 aliphatic rings. The van der Waals surface area contributed by atoms with Gasteiger partial charge in [0.2, 0.25) is 0 Å². The van der Waals surface area contributed by atoms with Gasteiger partial charge >= 0.3 is 0 Å². The van der Waals surface area contributed by atoms with Crippen LogP contribution in [0.4, 0.5) is 5.69 Å². The Morgan fingerprint density at radius 3 is 2.76 bits per heavy atom. The molecule has 2 aromatic heterocycles. The second-order valence-electron chi connectivity index (χ2n) is 8.90. The van der Waals surface area contributed by atoms with Gasteiger partial charge in [0.1, 0.15) is 6.33 Å². The van der Waals surface area contributed by atoms with Crippen molar-refractivity contribution in [3.8, 4) is 34.4 Å². The molecule has 0 saturated carbocycles. The highest BCUT2D eigenvalue weighted by Gasteiger charge is 2.25. The van der Waals surface area contributed by atoms with E-state index >= 15 is 0 Å². The summed E-state index contributed by atoms with van der Waals surface area (Å²) in [5.74, 6) is 1.54. The van der Waals surface area contributed by atoms with Gasteiger partial charge in [0, 0.05) is 37.1 Å². The second kappa shape index (κ2) is 9.01. The monoisotopic (exact) mass is 469 g/mol. The normalized spacial score (nSPS) is 16.1. The molecule has 0 aliphatic carbocycles. The third-order valence-corrected chi connectivity index (χ3v) is 6.80. The number of nitrogens with zero attached hydrogens (tertiary/aromatic N) is 6. The van der Waals surface area contributed by atoms with Gasteiger partial charge in [-0.2, -0.15) is 23.9 Å². The first-order valence-corrected chi connectivity index (χ1v) is 11.4. The van der Waals surface area contributed by atoms with Crippen molar-refractivity contribution in [1.29, 1.82) is 5.26 Å². The maximum atomic E-state index is 9.11. The Morgan fingerprint density at radius 1 is 1.12 bits per heavy atom. The van der Waals surface area contributed by atoms with Crippen molar-refractivity contribution < 1.29 is 0 Å². The highest BCUT2D eigenvalue weighted by molar-refractivity contribution is 7.59. The van der Waals surface area contributed by atoms with Gasteiger partial charge in [-0.15, -0.1) is 0 Å². The fourth-order valence-corrected chi connectivity index (χ4v) is 5.12. The van der Waals surface area contributed by atoms with Crippen molar-refractivity contribution in [2.75, 3.05) is 31.6 Å². The number of rotatable bonds is 4. The van der Waals surface area contributed by atoms with Gasteiger partial charge in [-0.1, -0.05) is 12.1 Å². The lowest BCUT2D eigenvalue weighted by Crippen LogP contribution is -2.24. The summed E-state index contributed by atoms with van der Waals surface area (Å²) in [6, 6.07) is 18.8. The van der Waals surface area contributed by atoms with E-state index in [0.717, 1.165) is 54.5 Å². The topological polar surface area (TPSA) is 74.7 Å². The number of hydrogen-bond acceptors (Lipinski definition) is 5. The zero-order chi connectivity index (χ0) is 22.4. The Bertz CT molecular complexity index is 1360. The van der Waals surface area contributed by atoms with Crippen LogP contribution in [0.1, 0.15) is 17.5 Å². The van der Waals surface area contributed by atoms with Crippen LogP contribution in [-0.2, 0) is 6.54 Å². The van der Waals surface area contributed by atoms with Gasteiger partial charge < -0.3 is 14.8 Å². The fourth-order valence-electron chi connectivity index (χ4n) is 5.12. The van der Waals surface area contributed by atoms with Gasteiger partial charge in [0.25, 0.3) is 0 Å². The van der Waals surface area contributed by atoms with E-state index in [-0.39, 0.29) is 13.5 Å². The Morgan fingerprint density at radius 2 is 1.97 bits per heavy atom. The third kappa shape index (κ3) is 3.77. The highest BCUT2D eigenvalue weighted by Crippen LogP contribution is 2.35. The summed E-state index contributed by atoms with van der Waals surface area (Å²) in [7, 11) is 2.03. The van der Waals surface area contributed by atoms with E-state index in [1.165, 1.54) is 17.7 Å². The molecule has 4 heterocycles. The lowest BCUT2D eigenvalue weighted by Gasteiger charge is -2.21. The molecular weight excluding hydrogens is 442 g/mol. The lowest BCUT2D eigenvalue weighted by atomic mass is 10.1. The SMILES string of the molecule is CNC[C@@H]1CCN(c2ccc3c(c2)Cn2cc(-c4ccc(C#N)cc4)cc2-c2ncnn2-3)C1.S. The molecule has 2 aliphatic heterocycles. The molecule has 172 valence electrons. The van der Waals surface area contributed by atoms with E-state index in [1.807, 2.05) is 36.0 Å². The Labute approximate surface area is 206 Å². The molecule has 8 heteroatoms. The molecule has 0 unspecified atom stereocenters. The van der Waals surface area contributed by atoms with Crippen molar-refractivity contribution in [2.45, 2.75) is 13.0 Å². The number of fused-ring (bicyclic) bond motifs is 5. The minimum Gasteiger partial charge on any atom is -0.371 e. The van der Waals surface area contributed by atoms with Crippen LogP contribution in [0, 0.1) is 17.2 Å². The first-order valence-electron chi connectivity index (χ1n) is 11.4. The molecule has 0 amide bonds. The molecule has 1 saturated heterocycles. The van der Waals surface area contributed by atoms with Gasteiger partial charge in [-0.3, -0.25) is 0 Å². The molecule has 1 fully saturated rings. The van der Waals surface area contributed by atoms with Crippen LogP contribution in [-0.4, -0.2) is 46.0 Å². The number of nitriles is 1.